The molecule has 2 rings (SSSR count). The lowest BCUT2D eigenvalue weighted by Gasteiger charge is -2.23. The van der Waals surface area contributed by atoms with Gasteiger partial charge >= 0.3 is 5.97 Å². The van der Waals surface area contributed by atoms with Crippen LogP contribution in [0.25, 0.3) is 0 Å². The fourth-order valence-corrected chi connectivity index (χ4v) is 2.24. The minimum absolute atomic E-state index is 0.120. The van der Waals surface area contributed by atoms with E-state index in [2.05, 4.69) is 10.6 Å². The highest BCUT2D eigenvalue weighted by atomic mass is 16.4. The molecule has 108 valence electrons. The fraction of sp³-hybridized carbons (Fsp3) is 0.467. The lowest BCUT2D eigenvalue weighted by molar-refractivity contribution is -0.138. The Labute approximate surface area is 118 Å². The SMILES string of the molecule is CC(C(=O)O)c1ccc(CNC2CCC(=O)NC2)cc1. The predicted molar refractivity (Wildman–Crippen MR) is 75.4 cm³/mol. The highest BCUT2D eigenvalue weighted by Gasteiger charge is 2.17. The number of amides is 1. The van der Waals surface area contributed by atoms with Crippen LogP contribution in [0.4, 0.5) is 0 Å². The molecule has 5 heteroatoms. The van der Waals surface area contributed by atoms with Crippen molar-refractivity contribution in [2.75, 3.05) is 6.54 Å². The van der Waals surface area contributed by atoms with Crippen molar-refractivity contribution < 1.29 is 14.7 Å². The topological polar surface area (TPSA) is 78.4 Å². The van der Waals surface area contributed by atoms with E-state index < -0.39 is 11.9 Å². The van der Waals surface area contributed by atoms with Gasteiger partial charge in [0.05, 0.1) is 5.92 Å². The summed E-state index contributed by atoms with van der Waals surface area (Å²) < 4.78 is 0. The minimum atomic E-state index is -0.811. The number of carbonyl (C=O) groups is 2. The molecule has 0 aromatic heterocycles. The lowest BCUT2D eigenvalue weighted by atomic mass is 10.00. The molecule has 0 saturated carbocycles. The number of aliphatic carboxylic acids is 1. The molecule has 1 amide bonds. The van der Waals surface area contributed by atoms with Crippen molar-refractivity contribution in [3.63, 3.8) is 0 Å². The first kappa shape index (κ1) is 14.5. The van der Waals surface area contributed by atoms with Gasteiger partial charge < -0.3 is 15.7 Å². The third kappa shape index (κ3) is 3.81. The molecule has 2 unspecified atom stereocenters. The van der Waals surface area contributed by atoms with Gasteiger partial charge in [0, 0.05) is 25.6 Å². The summed E-state index contributed by atoms with van der Waals surface area (Å²) in [4.78, 5) is 21.9. The molecule has 0 bridgehead atoms. The van der Waals surface area contributed by atoms with Crippen molar-refractivity contribution in [3.8, 4) is 0 Å². The Hall–Kier alpha value is -1.88. The Balaban J connectivity index is 1.85. The van der Waals surface area contributed by atoms with E-state index in [4.69, 9.17) is 5.11 Å². The largest absolute Gasteiger partial charge is 0.481 e. The minimum Gasteiger partial charge on any atom is -0.481 e. The van der Waals surface area contributed by atoms with E-state index in [0.29, 0.717) is 19.0 Å². The molecule has 20 heavy (non-hydrogen) atoms. The van der Waals surface area contributed by atoms with Crippen LogP contribution in [0.3, 0.4) is 0 Å². The van der Waals surface area contributed by atoms with Crippen LogP contribution in [0.5, 0.6) is 0 Å². The van der Waals surface area contributed by atoms with Gasteiger partial charge in [-0.2, -0.15) is 0 Å². The van der Waals surface area contributed by atoms with Crippen molar-refractivity contribution in [3.05, 3.63) is 35.4 Å². The van der Waals surface area contributed by atoms with Crippen LogP contribution in [0.15, 0.2) is 24.3 Å². The summed E-state index contributed by atoms with van der Waals surface area (Å²) in [5, 5.41) is 15.2. The van der Waals surface area contributed by atoms with Crippen LogP contribution in [-0.4, -0.2) is 29.6 Å². The molecule has 3 N–H and O–H groups in total. The highest BCUT2D eigenvalue weighted by molar-refractivity contribution is 5.76. The maximum Gasteiger partial charge on any atom is 0.310 e. The van der Waals surface area contributed by atoms with Crippen molar-refractivity contribution in [2.24, 2.45) is 0 Å². The molecule has 1 saturated heterocycles. The summed E-state index contributed by atoms with van der Waals surface area (Å²) in [6.07, 6.45) is 1.44. The van der Waals surface area contributed by atoms with Gasteiger partial charge in [-0.3, -0.25) is 9.59 Å². The second-order valence-corrected chi connectivity index (χ2v) is 5.22. The molecule has 1 aliphatic rings. The summed E-state index contributed by atoms with van der Waals surface area (Å²) in [7, 11) is 0. The van der Waals surface area contributed by atoms with Crippen molar-refractivity contribution in [1.29, 1.82) is 0 Å². The van der Waals surface area contributed by atoms with E-state index in [1.165, 1.54) is 0 Å². The molecule has 0 radical (unpaired) electrons. The zero-order chi connectivity index (χ0) is 14.5. The molecule has 0 aliphatic carbocycles. The van der Waals surface area contributed by atoms with Gasteiger partial charge in [0.1, 0.15) is 0 Å². The van der Waals surface area contributed by atoms with Crippen molar-refractivity contribution in [1.82, 2.24) is 10.6 Å². The fourth-order valence-electron chi connectivity index (χ4n) is 2.24. The van der Waals surface area contributed by atoms with E-state index in [0.717, 1.165) is 24.1 Å². The Bertz CT molecular complexity index is 474. The number of nitrogens with one attached hydrogen (secondary N) is 2. The quantitative estimate of drug-likeness (QED) is 0.756. The summed E-state index contributed by atoms with van der Waals surface area (Å²) in [6, 6.07) is 7.92. The van der Waals surface area contributed by atoms with E-state index in [9.17, 15) is 9.59 Å². The van der Waals surface area contributed by atoms with Gasteiger partial charge in [0.15, 0.2) is 0 Å². The van der Waals surface area contributed by atoms with Gasteiger partial charge in [-0.1, -0.05) is 24.3 Å². The first-order valence-electron chi connectivity index (χ1n) is 6.88. The molecular formula is C15H20N2O3. The molecule has 5 nitrogen and oxygen atoms in total. The van der Waals surface area contributed by atoms with Crippen LogP contribution < -0.4 is 10.6 Å². The second kappa shape index (κ2) is 6.52. The summed E-state index contributed by atoms with van der Waals surface area (Å²) in [5.74, 6) is -1.17. The second-order valence-electron chi connectivity index (χ2n) is 5.22. The normalized spacial score (nSPS) is 20.2. The molecule has 0 spiro atoms. The van der Waals surface area contributed by atoms with Crippen LogP contribution in [0.2, 0.25) is 0 Å². The average molecular weight is 276 g/mol. The maximum atomic E-state index is 11.1. The Morgan fingerprint density at radius 3 is 2.70 bits per heavy atom. The number of carbonyl (C=O) groups excluding carboxylic acids is 1. The van der Waals surface area contributed by atoms with E-state index in [1.807, 2.05) is 24.3 Å². The molecule has 1 aromatic carbocycles. The Morgan fingerprint density at radius 1 is 1.45 bits per heavy atom. The van der Waals surface area contributed by atoms with E-state index in [1.54, 1.807) is 6.92 Å². The molecule has 1 fully saturated rings. The number of hydrogen-bond donors (Lipinski definition) is 3. The average Bonchev–Trinajstić information content (AvgIpc) is 2.46. The van der Waals surface area contributed by atoms with E-state index >= 15 is 0 Å². The number of hydrogen-bond acceptors (Lipinski definition) is 3. The molecule has 2 atom stereocenters. The number of piperidine rings is 1. The molecule has 1 heterocycles. The van der Waals surface area contributed by atoms with Crippen molar-refractivity contribution >= 4 is 11.9 Å². The van der Waals surface area contributed by atoms with Crippen LogP contribution >= 0.6 is 0 Å². The third-order valence-corrected chi connectivity index (χ3v) is 3.71. The zero-order valence-electron chi connectivity index (χ0n) is 11.6. The Kier molecular flexibility index (Phi) is 4.74. The highest BCUT2D eigenvalue weighted by Crippen LogP contribution is 2.16. The van der Waals surface area contributed by atoms with Gasteiger partial charge in [-0.05, 0) is 24.5 Å². The number of carboxylic acid groups (broad SMARTS) is 1. The third-order valence-electron chi connectivity index (χ3n) is 3.71. The smallest absolute Gasteiger partial charge is 0.310 e. The van der Waals surface area contributed by atoms with E-state index in [-0.39, 0.29) is 5.91 Å². The number of benzene rings is 1. The van der Waals surface area contributed by atoms with Crippen LogP contribution in [0.1, 0.15) is 36.8 Å². The molecule has 1 aromatic rings. The van der Waals surface area contributed by atoms with Gasteiger partial charge in [-0.25, -0.2) is 0 Å². The summed E-state index contributed by atoms with van der Waals surface area (Å²) in [5.41, 5.74) is 1.93. The number of carboxylic acids is 1. The number of rotatable bonds is 5. The van der Waals surface area contributed by atoms with Gasteiger partial charge in [0.25, 0.3) is 0 Å². The van der Waals surface area contributed by atoms with Gasteiger partial charge in [0.2, 0.25) is 5.91 Å². The predicted octanol–water partition coefficient (Wildman–Crippen LogP) is 1.24. The van der Waals surface area contributed by atoms with Crippen LogP contribution in [-0.2, 0) is 16.1 Å². The zero-order valence-corrected chi connectivity index (χ0v) is 11.6. The van der Waals surface area contributed by atoms with Gasteiger partial charge in [-0.15, -0.1) is 0 Å². The first-order valence-corrected chi connectivity index (χ1v) is 6.88. The summed E-state index contributed by atoms with van der Waals surface area (Å²) >= 11 is 0. The standard InChI is InChI=1S/C15H20N2O3/c1-10(15(19)20)12-4-2-11(3-5-12)8-16-13-6-7-14(18)17-9-13/h2-5,10,13,16H,6-9H2,1H3,(H,17,18)(H,19,20). The Morgan fingerprint density at radius 2 is 2.15 bits per heavy atom. The first-order chi connectivity index (χ1) is 9.56. The maximum absolute atomic E-state index is 11.1. The van der Waals surface area contributed by atoms with Crippen LogP contribution in [0, 0.1) is 0 Å². The molecule has 1 aliphatic heterocycles. The monoisotopic (exact) mass is 276 g/mol. The molecular weight excluding hydrogens is 256 g/mol. The lowest BCUT2D eigenvalue weighted by Crippen LogP contribution is -2.45. The summed E-state index contributed by atoms with van der Waals surface area (Å²) in [6.45, 7) is 3.08. The van der Waals surface area contributed by atoms with Crippen molar-refractivity contribution in [2.45, 2.75) is 38.3 Å².